The highest BCUT2D eigenvalue weighted by Crippen LogP contribution is 2.50. The van der Waals surface area contributed by atoms with Gasteiger partial charge in [-0.05, 0) is 57.1 Å². The summed E-state index contributed by atoms with van der Waals surface area (Å²) in [7, 11) is 0. The number of aromatic amines is 1. The predicted molar refractivity (Wildman–Crippen MR) is 157 cm³/mol. The molecule has 3 aromatic carbocycles. The van der Waals surface area contributed by atoms with Crippen LogP contribution in [0.15, 0.2) is 66.9 Å². The molecular formula is C33H33F2N5O. The number of imidazole rings is 1. The molecule has 8 heteroatoms. The van der Waals surface area contributed by atoms with E-state index in [1.807, 2.05) is 12.3 Å². The molecule has 210 valence electrons. The molecule has 1 aromatic heterocycles. The predicted octanol–water partition coefficient (Wildman–Crippen LogP) is 6.06. The van der Waals surface area contributed by atoms with Crippen LogP contribution in [-0.2, 0) is 10.2 Å². The molecule has 0 unspecified atom stereocenters. The summed E-state index contributed by atoms with van der Waals surface area (Å²) in [6.07, 6.45) is 0.657. The van der Waals surface area contributed by atoms with E-state index in [1.165, 1.54) is 16.7 Å². The van der Waals surface area contributed by atoms with Crippen molar-refractivity contribution in [1.82, 2.24) is 20.6 Å². The SMILES string of the molecule is CC1(C)c2cc(NC(=O)[C@@H]3C[C@H](F)CN3)ccc2-c2ccc(-c3ccc(-c4cnc([C@@H]5C[C@H](F)CN5)[nH]4)cc3)cc21. The summed E-state index contributed by atoms with van der Waals surface area (Å²) in [5.74, 6) is 0.579. The first-order chi connectivity index (χ1) is 19.8. The monoisotopic (exact) mass is 553 g/mol. The number of alkyl halides is 2. The lowest BCUT2D eigenvalue weighted by molar-refractivity contribution is -0.117. The van der Waals surface area contributed by atoms with Crippen LogP contribution in [0.3, 0.4) is 0 Å². The average Bonchev–Trinajstić information content (AvgIpc) is 3.76. The highest BCUT2D eigenvalue weighted by Gasteiger charge is 2.36. The molecule has 0 spiro atoms. The van der Waals surface area contributed by atoms with Crippen molar-refractivity contribution in [2.24, 2.45) is 0 Å². The number of aromatic nitrogens is 2. The maximum absolute atomic E-state index is 13.6. The van der Waals surface area contributed by atoms with Gasteiger partial charge in [-0.1, -0.05) is 56.3 Å². The number of nitrogens with one attached hydrogen (secondary N) is 4. The van der Waals surface area contributed by atoms with Crippen LogP contribution in [0.25, 0.3) is 33.5 Å². The Morgan fingerprint density at radius 1 is 0.854 bits per heavy atom. The number of nitrogens with zero attached hydrogens (tertiary/aromatic N) is 1. The summed E-state index contributed by atoms with van der Waals surface area (Å²) in [6, 6.07) is 20.5. The Hall–Kier alpha value is -3.88. The zero-order valence-electron chi connectivity index (χ0n) is 23.1. The largest absolute Gasteiger partial charge is 0.341 e. The summed E-state index contributed by atoms with van der Waals surface area (Å²) in [6.45, 7) is 5.01. The number of H-pyrrole nitrogens is 1. The zero-order chi connectivity index (χ0) is 28.3. The summed E-state index contributed by atoms with van der Waals surface area (Å²) < 4.78 is 27.2. The molecule has 4 N–H and O–H groups in total. The maximum Gasteiger partial charge on any atom is 0.241 e. The van der Waals surface area contributed by atoms with Gasteiger partial charge in [0.05, 0.1) is 24.0 Å². The molecule has 0 saturated carbocycles. The first kappa shape index (κ1) is 26.0. The van der Waals surface area contributed by atoms with Gasteiger partial charge >= 0.3 is 0 Å². The Morgan fingerprint density at radius 2 is 1.51 bits per heavy atom. The van der Waals surface area contributed by atoms with Gasteiger partial charge in [0.25, 0.3) is 0 Å². The molecule has 1 amide bonds. The van der Waals surface area contributed by atoms with Crippen LogP contribution >= 0.6 is 0 Å². The molecule has 41 heavy (non-hydrogen) atoms. The lowest BCUT2D eigenvalue weighted by Crippen LogP contribution is -2.35. The molecule has 6 nitrogen and oxygen atoms in total. The standard InChI is InChI=1S/C33H33F2N5O/c1-33(2)26-11-20(18-3-5-19(6-4-18)30-17-38-31(40-30)28-12-21(34)15-36-28)7-9-24(26)25-10-8-23(14-27(25)33)39-32(41)29-13-22(35)16-37-29/h3-11,14,17,21-22,28-29,36-37H,12-13,15-16H2,1-2H3,(H,38,40)(H,39,41)/t21-,22-,28-,29-/m0/s1. The van der Waals surface area contributed by atoms with Crippen molar-refractivity contribution in [2.45, 2.75) is 56.5 Å². The molecule has 4 aromatic rings. The van der Waals surface area contributed by atoms with Crippen LogP contribution < -0.4 is 16.0 Å². The number of amides is 1. The summed E-state index contributed by atoms with van der Waals surface area (Å²) in [5, 5.41) is 9.10. The number of rotatable bonds is 5. The van der Waals surface area contributed by atoms with Crippen LogP contribution in [0.4, 0.5) is 14.5 Å². The number of halogens is 2. The second kappa shape index (κ2) is 9.89. The van der Waals surface area contributed by atoms with Gasteiger partial charge in [0, 0.05) is 37.0 Å². The van der Waals surface area contributed by atoms with E-state index in [0.29, 0.717) is 13.0 Å². The number of carbonyl (C=O) groups excluding carboxylic acids is 1. The third-order valence-corrected chi connectivity index (χ3v) is 8.87. The van der Waals surface area contributed by atoms with Gasteiger partial charge in [0.1, 0.15) is 18.2 Å². The molecule has 4 atom stereocenters. The molecule has 2 fully saturated rings. The highest BCUT2D eigenvalue weighted by atomic mass is 19.1. The maximum atomic E-state index is 13.6. The Morgan fingerprint density at radius 3 is 2.22 bits per heavy atom. The van der Waals surface area contributed by atoms with Crippen LogP contribution in [0.5, 0.6) is 0 Å². The number of benzene rings is 3. The van der Waals surface area contributed by atoms with Crippen LogP contribution in [-0.4, -0.2) is 47.3 Å². The van der Waals surface area contributed by atoms with E-state index in [4.69, 9.17) is 0 Å². The lowest BCUT2D eigenvalue weighted by atomic mass is 9.81. The summed E-state index contributed by atoms with van der Waals surface area (Å²) in [5.41, 5.74) is 9.42. The smallest absolute Gasteiger partial charge is 0.241 e. The van der Waals surface area contributed by atoms with Crippen molar-refractivity contribution in [2.75, 3.05) is 18.4 Å². The van der Waals surface area contributed by atoms with Crippen molar-refractivity contribution in [3.63, 3.8) is 0 Å². The quantitative estimate of drug-likeness (QED) is 0.242. The van der Waals surface area contributed by atoms with Gasteiger partial charge in [0.2, 0.25) is 5.91 Å². The number of hydrogen-bond donors (Lipinski definition) is 4. The first-order valence-electron chi connectivity index (χ1n) is 14.3. The van der Waals surface area contributed by atoms with E-state index in [9.17, 15) is 13.6 Å². The third-order valence-electron chi connectivity index (χ3n) is 8.87. The zero-order valence-corrected chi connectivity index (χ0v) is 23.1. The van der Waals surface area contributed by atoms with Crippen LogP contribution in [0, 0.1) is 0 Å². The number of anilines is 1. The fraction of sp³-hybridized carbons (Fsp3) is 0.333. The van der Waals surface area contributed by atoms with Crippen molar-refractivity contribution < 1.29 is 13.6 Å². The fourth-order valence-corrected chi connectivity index (χ4v) is 6.52. The van der Waals surface area contributed by atoms with Crippen molar-refractivity contribution >= 4 is 11.6 Å². The molecule has 0 radical (unpaired) electrons. The van der Waals surface area contributed by atoms with Gasteiger partial charge < -0.3 is 20.9 Å². The van der Waals surface area contributed by atoms with E-state index in [1.54, 1.807) is 0 Å². The molecule has 3 heterocycles. The molecule has 2 aliphatic heterocycles. The minimum absolute atomic E-state index is 0.0716. The second-order valence-electron chi connectivity index (χ2n) is 12.0. The Bertz CT molecular complexity index is 1630. The van der Waals surface area contributed by atoms with Gasteiger partial charge in [0.15, 0.2) is 0 Å². The number of hydrogen-bond acceptors (Lipinski definition) is 4. The van der Waals surface area contributed by atoms with E-state index < -0.39 is 18.4 Å². The van der Waals surface area contributed by atoms with E-state index in [-0.39, 0.29) is 30.3 Å². The topological polar surface area (TPSA) is 81.8 Å². The minimum Gasteiger partial charge on any atom is -0.341 e. The normalized spacial score (nSPS) is 24.3. The molecule has 7 rings (SSSR count). The Kier molecular flexibility index (Phi) is 6.28. The summed E-state index contributed by atoms with van der Waals surface area (Å²) >= 11 is 0. The van der Waals surface area contributed by atoms with Gasteiger partial charge in [-0.15, -0.1) is 0 Å². The van der Waals surface area contributed by atoms with Crippen molar-refractivity contribution in [3.05, 3.63) is 83.8 Å². The minimum atomic E-state index is -0.978. The Balaban J connectivity index is 1.11. The van der Waals surface area contributed by atoms with Gasteiger partial charge in [-0.25, -0.2) is 13.8 Å². The van der Waals surface area contributed by atoms with Crippen LogP contribution in [0.2, 0.25) is 0 Å². The van der Waals surface area contributed by atoms with Gasteiger partial charge in [-0.3, -0.25) is 4.79 Å². The van der Waals surface area contributed by atoms with E-state index >= 15 is 0 Å². The van der Waals surface area contributed by atoms with Crippen molar-refractivity contribution in [3.8, 4) is 33.5 Å². The molecular weight excluding hydrogens is 520 g/mol. The Labute approximate surface area is 238 Å². The third kappa shape index (κ3) is 4.65. The van der Waals surface area contributed by atoms with Crippen molar-refractivity contribution in [1.29, 1.82) is 0 Å². The summed E-state index contributed by atoms with van der Waals surface area (Å²) in [4.78, 5) is 20.5. The molecule has 1 aliphatic carbocycles. The lowest BCUT2D eigenvalue weighted by Gasteiger charge is -2.23. The fourth-order valence-electron chi connectivity index (χ4n) is 6.52. The molecule has 3 aliphatic rings. The molecule has 2 saturated heterocycles. The van der Waals surface area contributed by atoms with Crippen LogP contribution in [0.1, 0.15) is 49.7 Å². The second-order valence-corrected chi connectivity index (χ2v) is 12.0. The van der Waals surface area contributed by atoms with Gasteiger partial charge in [-0.2, -0.15) is 0 Å². The average molecular weight is 554 g/mol. The van der Waals surface area contributed by atoms with E-state index in [0.717, 1.165) is 39.5 Å². The van der Waals surface area contributed by atoms with E-state index in [2.05, 4.69) is 94.4 Å². The highest BCUT2D eigenvalue weighted by molar-refractivity contribution is 5.96. The molecule has 0 bridgehead atoms. The first-order valence-corrected chi connectivity index (χ1v) is 14.3. The number of fused-ring (bicyclic) bond motifs is 3. The number of carbonyl (C=O) groups is 1.